The molecule has 2 rings (SSSR count). The van der Waals surface area contributed by atoms with Crippen molar-refractivity contribution >= 4 is 6.20 Å². The summed E-state index contributed by atoms with van der Waals surface area (Å²) in [6, 6.07) is 7.76. The van der Waals surface area contributed by atoms with Crippen molar-refractivity contribution in [3.05, 3.63) is 34.8 Å². The van der Waals surface area contributed by atoms with Crippen LogP contribution in [-0.4, -0.2) is 5.12 Å². The minimum atomic E-state index is 0.911. The van der Waals surface area contributed by atoms with Gasteiger partial charge >= 0.3 is 0 Å². The molecule has 1 aliphatic heterocycles. The molecule has 0 fully saturated rings. The van der Waals surface area contributed by atoms with Crippen molar-refractivity contribution in [3.8, 4) is 0 Å². The maximum Gasteiger partial charge on any atom is 0.0938 e. The van der Waals surface area contributed by atoms with E-state index in [9.17, 15) is 0 Å². The number of nitrogens with zero attached hydrogens (tertiary/aromatic N) is 2. The third-order valence-corrected chi connectivity index (χ3v) is 1.50. The summed E-state index contributed by atoms with van der Waals surface area (Å²) in [5.74, 6) is 5.42. The summed E-state index contributed by atoms with van der Waals surface area (Å²) in [4.78, 5) is 0. The Balaban J connectivity index is 2.73. The monoisotopic (exact) mass is 148 g/mol. The Hall–Kier alpha value is -1.55. The van der Waals surface area contributed by atoms with E-state index >= 15 is 0 Å². The minimum absolute atomic E-state index is 0.911. The van der Waals surface area contributed by atoms with Crippen LogP contribution < -0.4 is 22.0 Å². The smallest absolute Gasteiger partial charge is 0.0938 e. The molecule has 0 saturated heterocycles. The Morgan fingerprint density at radius 3 is 3.09 bits per heavy atom. The number of hydrogen-bond donors (Lipinski definition) is 2. The minimum Gasteiger partial charge on any atom is -0.227 e. The van der Waals surface area contributed by atoms with Crippen LogP contribution in [0.3, 0.4) is 0 Å². The molecule has 0 unspecified atom stereocenters. The summed E-state index contributed by atoms with van der Waals surface area (Å²) in [6.07, 6.45) is 1.78. The van der Waals surface area contributed by atoms with Crippen molar-refractivity contribution in [2.45, 2.75) is 0 Å². The van der Waals surface area contributed by atoms with E-state index in [1.807, 2.05) is 24.3 Å². The normalized spacial score (nSPS) is 14.1. The quantitative estimate of drug-likeness (QED) is 0.447. The molecule has 1 aliphatic rings. The molecule has 4 heteroatoms. The maximum atomic E-state index is 5.42. The van der Waals surface area contributed by atoms with Crippen LogP contribution in [0.2, 0.25) is 0 Å². The molecule has 4 nitrogen and oxygen atoms in total. The van der Waals surface area contributed by atoms with Gasteiger partial charge in [-0.1, -0.05) is 18.2 Å². The fourth-order valence-electron chi connectivity index (χ4n) is 0.989. The summed E-state index contributed by atoms with van der Waals surface area (Å²) in [7, 11) is 0. The zero-order valence-corrected chi connectivity index (χ0v) is 5.86. The molecule has 11 heavy (non-hydrogen) atoms. The Bertz CT molecular complexity index is 370. The van der Waals surface area contributed by atoms with Gasteiger partial charge in [-0.15, -0.1) is 0 Å². The molecule has 0 radical (unpaired) electrons. The average Bonchev–Trinajstić information content (AvgIpc) is 2.04. The highest BCUT2D eigenvalue weighted by molar-refractivity contribution is 5.21. The topological polar surface area (TPSA) is 53.6 Å². The molecule has 1 heterocycles. The van der Waals surface area contributed by atoms with Gasteiger partial charge in [0.15, 0.2) is 0 Å². The van der Waals surface area contributed by atoms with Crippen molar-refractivity contribution in [3.63, 3.8) is 0 Å². The van der Waals surface area contributed by atoms with E-state index < -0.39 is 0 Å². The van der Waals surface area contributed by atoms with Gasteiger partial charge in [0, 0.05) is 5.22 Å². The van der Waals surface area contributed by atoms with Crippen LogP contribution in [0.5, 0.6) is 0 Å². The highest BCUT2D eigenvalue weighted by atomic mass is 15.8. The van der Waals surface area contributed by atoms with E-state index in [2.05, 4.69) is 10.6 Å². The van der Waals surface area contributed by atoms with Crippen LogP contribution in [0.25, 0.3) is 6.20 Å². The van der Waals surface area contributed by atoms with Crippen LogP contribution in [0.4, 0.5) is 0 Å². The highest BCUT2D eigenvalue weighted by Gasteiger charge is 1.94. The van der Waals surface area contributed by atoms with Crippen molar-refractivity contribution in [1.29, 1.82) is 0 Å². The predicted molar refractivity (Wildman–Crippen MR) is 40.9 cm³/mol. The Morgan fingerprint density at radius 2 is 2.18 bits per heavy atom. The number of benzene rings is 1. The summed E-state index contributed by atoms with van der Waals surface area (Å²) in [5, 5.41) is 7.25. The molecule has 0 aromatic heterocycles. The molecule has 1 aromatic carbocycles. The fourth-order valence-corrected chi connectivity index (χ4v) is 0.989. The van der Waals surface area contributed by atoms with Gasteiger partial charge in [0.1, 0.15) is 0 Å². The maximum absolute atomic E-state index is 5.42. The first-order valence-electron chi connectivity index (χ1n) is 3.30. The van der Waals surface area contributed by atoms with Gasteiger partial charge in [0.2, 0.25) is 0 Å². The number of hydrazine groups is 2. The van der Waals surface area contributed by atoms with Crippen molar-refractivity contribution in [2.75, 3.05) is 0 Å². The standard InChI is InChI=1S/C7H8N4/c8-11-5-6-3-1-2-4-7(6)9-10-11/h1-5,10H,8H2. The second-order valence-corrected chi connectivity index (χ2v) is 2.31. The van der Waals surface area contributed by atoms with E-state index in [0.29, 0.717) is 0 Å². The third-order valence-electron chi connectivity index (χ3n) is 1.50. The van der Waals surface area contributed by atoms with Gasteiger partial charge in [-0.25, -0.2) is 16.5 Å². The number of rotatable bonds is 0. The van der Waals surface area contributed by atoms with Crippen molar-refractivity contribution in [2.24, 2.45) is 10.9 Å². The van der Waals surface area contributed by atoms with Gasteiger partial charge in [0.05, 0.1) is 11.6 Å². The van der Waals surface area contributed by atoms with Gasteiger partial charge in [-0.2, -0.15) is 5.10 Å². The van der Waals surface area contributed by atoms with Crippen LogP contribution in [0, 0.1) is 0 Å². The van der Waals surface area contributed by atoms with Gasteiger partial charge in [-0.3, -0.25) is 0 Å². The largest absolute Gasteiger partial charge is 0.227 e. The first-order chi connectivity index (χ1) is 5.36. The average molecular weight is 148 g/mol. The molecule has 0 aliphatic carbocycles. The summed E-state index contributed by atoms with van der Waals surface area (Å²) >= 11 is 0. The van der Waals surface area contributed by atoms with Gasteiger partial charge < -0.3 is 0 Å². The van der Waals surface area contributed by atoms with Gasteiger partial charge in [-0.05, 0) is 6.07 Å². The Kier molecular flexibility index (Phi) is 1.26. The number of para-hydroxylation sites is 1. The highest BCUT2D eigenvalue weighted by Crippen LogP contribution is 1.77. The molecule has 0 bridgehead atoms. The molecule has 0 atom stereocenters. The lowest BCUT2D eigenvalue weighted by molar-refractivity contribution is 0.306. The number of hydrogen-bond acceptors (Lipinski definition) is 4. The molecule has 3 N–H and O–H groups in total. The number of nitrogens with two attached hydrogens (primary N) is 1. The zero-order valence-electron chi connectivity index (χ0n) is 5.86. The number of nitrogens with one attached hydrogen (secondary N) is 1. The predicted octanol–water partition coefficient (Wildman–Crippen LogP) is -1.35. The molecule has 1 aromatic rings. The second kappa shape index (κ2) is 2.25. The zero-order chi connectivity index (χ0) is 7.68. The molecule has 0 amide bonds. The van der Waals surface area contributed by atoms with Gasteiger partial charge in [0.25, 0.3) is 0 Å². The van der Waals surface area contributed by atoms with E-state index in [0.717, 1.165) is 10.6 Å². The Morgan fingerprint density at radius 1 is 1.36 bits per heavy atom. The van der Waals surface area contributed by atoms with Crippen molar-refractivity contribution < 1.29 is 0 Å². The molecule has 0 spiro atoms. The Labute approximate surface area is 63.6 Å². The lowest BCUT2D eigenvalue weighted by Crippen LogP contribution is -2.45. The SMILES string of the molecule is NN1C=c2ccccc2=NN1. The lowest BCUT2D eigenvalue weighted by Gasteiger charge is -2.14. The lowest BCUT2D eigenvalue weighted by atomic mass is 10.3. The fraction of sp³-hybridized carbons (Fsp3) is 0. The molecule has 56 valence electrons. The molecular formula is C7H8N4. The number of fused-ring (bicyclic) bond motifs is 1. The van der Waals surface area contributed by atoms with E-state index in [1.54, 1.807) is 6.20 Å². The van der Waals surface area contributed by atoms with Crippen LogP contribution in [0.1, 0.15) is 0 Å². The van der Waals surface area contributed by atoms with E-state index in [4.69, 9.17) is 5.84 Å². The van der Waals surface area contributed by atoms with E-state index in [1.165, 1.54) is 5.12 Å². The van der Waals surface area contributed by atoms with Crippen molar-refractivity contribution in [1.82, 2.24) is 10.7 Å². The third kappa shape index (κ3) is 1.03. The summed E-state index contributed by atoms with van der Waals surface area (Å²) in [6.45, 7) is 0. The van der Waals surface area contributed by atoms with Crippen LogP contribution in [-0.2, 0) is 0 Å². The second-order valence-electron chi connectivity index (χ2n) is 2.31. The van der Waals surface area contributed by atoms with Crippen LogP contribution >= 0.6 is 0 Å². The van der Waals surface area contributed by atoms with Crippen LogP contribution in [0.15, 0.2) is 29.4 Å². The summed E-state index contributed by atoms with van der Waals surface area (Å²) < 4.78 is 0. The summed E-state index contributed by atoms with van der Waals surface area (Å²) in [5.41, 5.74) is 2.62. The first-order valence-corrected chi connectivity index (χ1v) is 3.30. The molecular weight excluding hydrogens is 140 g/mol. The van der Waals surface area contributed by atoms with E-state index in [-0.39, 0.29) is 0 Å². The molecule has 0 saturated carbocycles. The first kappa shape index (κ1) is 6.18.